The lowest BCUT2D eigenvalue weighted by atomic mass is 10.3. The van der Waals surface area contributed by atoms with Gasteiger partial charge in [-0.3, -0.25) is 4.79 Å². The van der Waals surface area contributed by atoms with Crippen molar-refractivity contribution in [1.29, 1.82) is 0 Å². The molecule has 1 aromatic heterocycles. The molecule has 7 heteroatoms. The molecule has 1 aromatic carbocycles. The molecule has 98 valence electrons. The van der Waals surface area contributed by atoms with Gasteiger partial charge in [0.1, 0.15) is 11.6 Å². The minimum Gasteiger partial charge on any atom is -0.383 e. The van der Waals surface area contributed by atoms with Gasteiger partial charge in [-0.1, -0.05) is 12.1 Å². The van der Waals surface area contributed by atoms with Gasteiger partial charge in [0.15, 0.2) is 0 Å². The number of carbonyl (C=O) groups is 1. The van der Waals surface area contributed by atoms with Gasteiger partial charge in [0.05, 0.1) is 11.3 Å². The molecule has 1 amide bonds. The molecule has 0 bridgehead atoms. The van der Waals surface area contributed by atoms with Gasteiger partial charge >= 0.3 is 0 Å². The molecule has 2 rings (SSSR count). The molecule has 0 spiro atoms. The zero-order chi connectivity index (χ0) is 13.8. The normalized spacial score (nSPS) is 10.4. The molecule has 0 saturated carbocycles. The molecule has 2 aromatic rings. The van der Waals surface area contributed by atoms with E-state index in [4.69, 9.17) is 11.5 Å². The summed E-state index contributed by atoms with van der Waals surface area (Å²) < 4.78 is 1.02. The Balaban J connectivity index is 2.11. The van der Waals surface area contributed by atoms with Gasteiger partial charge in [0, 0.05) is 15.6 Å². The van der Waals surface area contributed by atoms with Crippen LogP contribution in [0.3, 0.4) is 0 Å². The quantitative estimate of drug-likeness (QED) is 0.833. The summed E-state index contributed by atoms with van der Waals surface area (Å²) in [4.78, 5) is 20.2. The first kappa shape index (κ1) is 13.8. The number of thioether (sulfide) groups is 1. The van der Waals surface area contributed by atoms with Crippen LogP contribution in [0.15, 0.2) is 39.8 Å². The molecule has 19 heavy (non-hydrogen) atoms. The molecule has 1 heterocycles. The Morgan fingerprint density at radius 2 is 2.11 bits per heavy atom. The lowest BCUT2D eigenvalue weighted by Crippen LogP contribution is -2.15. The highest BCUT2D eigenvalue weighted by Crippen LogP contribution is 2.29. The molecule has 0 fully saturated rings. The highest BCUT2D eigenvalue weighted by molar-refractivity contribution is 9.10. The van der Waals surface area contributed by atoms with Crippen molar-refractivity contribution >= 4 is 39.4 Å². The Morgan fingerprint density at radius 3 is 2.74 bits per heavy atom. The number of hydrogen-bond acceptors (Lipinski definition) is 5. The number of benzene rings is 1. The van der Waals surface area contributed by atoms with Crippen LogP contribution in [-0.2, 0) is 5.75 Å². The van der Waals surface area contributed by atoms with E-state index in [1.807, 2.05) is 24.3 Å². The molecule has 0 radical (unpaired) electrons. The third-order valence-electron chi connectivity index (χ3n) is 2.33. The first-order valence-electron chi connectivity index (χ1n) is 5.36. The van der Waals surface area contributed by atoms with Gasteiger partial charge in [-0.25, -0.2) is 9.97 Å². The number of amides is 1. The van der Waals surface area contributed by atoms with E-state index in [1.54, 1.807) is 11.8 Å². The molecule has 0 aliphatic carbocycles. The van der Waals surface area contributed by atoms with Crippen molar-refractivity contribution in [1.82, 2.24) is 9.97 Å². The number of carbonyl (C=O) groups excluding carboxylic acids is 1. The maximum atomic E-state index is 11.0. The predicted octanol–water partition coefficient (Wildman–Crippen LogP) is 2.21. The number of primary amides is 1. The third kappa shape index (κ3) is 3.45. The van der Waals surface area contributed by atoms with Crippen molar-refractivity contribution in [3.8, 4) is 0 Å². The van der Waals surface area contributed by atoms with Crippen molar-refractivity contribution in [3.63, 3.8) is 0 Å². The highest BCUT2D eigenvalue weighted by Gasteiger charge is 2.09. The Hall–Kier alpha value is -1.60. The van der Waals surface area contributed by atoms with Crippen molar-refractivity contribution in [3.05, 3.63) is 46.3 Å². The van der Waals surface area contributed by atoms with Gasteiger partial charge in [0.2, 0.25) is 0 Å². The maximum Gasteiger partial charge on any atom is 0.254 e. The number of rotatable bonds is 4. The Labute approximate surface area is 122 Å². The van der Waals surface area contributed by atoms with Crippen LogP contribution in [0.2, 0.25) is 0 Å². The second-order valence-corrected chi connectivity index (χ2v) is 5.54. The fourth-order valence-electron chi connectivity index (χ4n) is 1.40. The molecular weight excluding hydrogens is 328 g/mol. The van der Waals surface area contributed by atoms with Gasteiger partial charge in [-0.2, -0.15) is 0 Å². The first-order chi connectivity index (χ1) is 9.08. The standard InChI is InChI=1S/C12H11BrN4OS/c13-8-3-1-2-4-9(8)19-6-10-16-5-7(12(15)18)11(14)17-10/h1-5H,6H2,(H2,15,18)(H2,14,16,17). The first-order valence-corrected chi connectivity index (χ1v) is 7.14. The third-order valence-corrected chi connectivity index (χ3v) is 4.35. The van der Waals surface area contributed by atoms with E-state index in [0.29, 0.717) is 11.6 Å². The van der Waals surface area contributed by atoms with Crippen molar-refractivity contribution in [2.75, 3.05) is 5.73 Å². The lowest BCUT2D eigenvalue weighted by molar-refractivity contribution is 0.100. The van der Waals surface area contributed by atoms with Crippen LogP contribution in [0.5, 0.6) is 0 Å². The van der Waals surface area contributed by atoms with Crippen LogP contribution in [0, 0.1) is 0 Å². The highest BCUT2D eigenvalue weighted by atomic mass is 79.9. The van der Waals surface area contributed by atoms with E-state index in [9.17, 15) is 4.79 Å². The number of nitrogens with zero attached hydrogens (tertiary/aromatic N) is 2. The van der Waals surface area contributed by atoms with Gasteiger partial charge in [-0.15, -0.1) is 11.8 Å². The summed E-state index contributed by atoms with van der Waals surface area (Å²) in [6.07, 6.45) is 1.36. The van der Waals surface area contributed by atoms with Crippen LogP contribution in [-0.4, -0.2) is 15.9 Å². The summed E-state index contributed by atoms with van der Waals surface area (Å²) in [5.74, 6) is 0.613. The molecular formula is C12H11BrN4OS. The number of nitrogens with two attached hydrogens (primary N) is 2. The molecule has 5 nitrogen and oxygen atoms in total. The molecule has 0 saturated heterocycles. The lowest BCUT2D eigenvalue weighted by Gasteiger charge is -2.05. The van der Waals surface area contributed by atoms with Gasteiger partial charge < -0.3 is 11.5 Å². The molecule has 4 N–H and O–H groups in total. The number of aromatic nitrogens is 2. The topological polar surface area (TPSA) is 94.9 Å². The number of anilines is 1. The molecule has 0 aliphatic heterocycles. The zero-order valence-electron chi connectivity index (χ0n) is 9.84. The fraction of sp³-hybridized carbons (Fsp3) is 0.0833. The van der Waals surface area contributed by atoms with E-state index in [-0.39, 0.29) is 11.4 Å². The van der Waals surface area contributed by atoms with Crippen molar-refractivity contribution < 1.29 is 4.79 Å². The fourth-order valence-corrected chi connectivity index (χ4v) is 2.83. The molecule has 0 aliphatic rings. The van der Waals surface area contributed by atoms with E-state index < -0.39 is 5.91 Å². The molecule has 0 atom stereocenters. The van der Waals surface area contributed by atoms with Gasteiger partial charge in [0.25, 0.3) is 5.91 Å². The van der Waals surface area contributed by atoms with Crippen molar-refractivity contribution in [2.45, 2.75) is 10.6 Å². The Bertz CT molecular complexity index is 620. The summed E-state index contributed by atoms with van der Waals surface area (Å²) in [5.41, 5.74) is 10.9. The minimum absolute atomic E-state index is 0.116. The molecule has 0 unspecified atom stereocenters. The van der Waals surface area contributed by atoms with Gasteiger partial charge in [-0.05, 0) is 28.1 Å². The Morgan fingerprint density at radius 1 is 1.37 bits per heavy atom. The van der Waals surface area contributed by atoms with Crippen LogP contribution in [0.1, 0.15) is 16.2 Å². The predicted molar refractivity (Wildman–Crippen MR) is 78.7 cm³/mol. The average molecular weight is 339 g/mol. The van der Waals surface area contributed by atoms with Crippen LogP contribution in [0.25, 0.3) is 0 Å². The average Bonchev–Trinajstić information content (AvgIpc) is 2.37. The second-order valence-electron chi connectivity index (χ2n) is 3.67. The summed E-state index contributed by atoms with van der Waals surface area (Å²) in [7, 11) is 0. The van der Waals surface area contributed by atoms with Crippen LogP contribution < -0.4 is 11.5 Å². The van der Waals surface area contributed by atoms with E-state index in [0.717, 1.165) is 9.37 Å². The zero-order valence-corrected chi connectivity index (χ0v) is 12.2. The summed E-state index contributed by atoms with van der Waals surface area (Å²) in [5, 5.41) is 0. The largest absolute Gasteiger partial charge is 0.383 e. The number of halogens is 1. The van der Waals surface area contributed by atoms with Crippen molar-refractivity contribution in [2.24, 2.45) is 5.73 Å². The summed E-state index contributed by atoms with van der Waals surface area (Å²) in [6, 6.07) is 7.87. The maximum absolute atomic E-state index is 11.0. The van der Waals surface area contributed by atoms with Crippen LogP contribution >= 0.6 is 27.7 Å². The van der Waals surface area contributed by atoms with E-state index >= 15 is 0 Å². The van der Waals surface area contributed by atoms with E-state index in [1.165, 1.54) is 6.20 Å². The second kappa shape index (κ2) is 6.03. The monoisotopic (exact) mass is 338 g/mol. The summed E-state index contributed by atoms with van der Waals surface area (Å²) in [6.45, 7) is 0. The number of nitrogen functional groups attached to an aromatic ring is 1. The number of hydrogen-bond donors (Lipinski definition) is 2. The SMILES string of the molecule is NC(=O)c1cnc(CSc2ccccc2Br)nc1N. The summed E-state index contributed by atoms with van der Waals surface area (Å²) >= 11 is 5.05. The van der Waals surface area contributed by atoms with Crippen LogP contribution in [0.4, 0.5) is 5.82 Å². The minimum atomic E-state index is -0.623. The smallest absolute Gasteiger partial charge is 0.254 e. The van der Waals surface area contributed by atoms with E-state index in [2.05, 4.69) is 25.9 Å². The Kier molecular flexibility index (Phi) is 4.39.